The maximum Gasteiger partial charge on any atom is 0.408 e. The number of hydrogen-bond donors (Lipinski definition) is 1. The number of amides is 1. The molecule has 0 bridgehead atoms. The summed E-state index contributed by atoms with van der Waals surface area (Å²) in [7, 11) is 0. The lowest BCUT2D eigenvalue weighted by Crippen LogP contribution is -2.37. The molecule has 0 saturated carbocycles. The average Bonchev–Trinajstić information content (AvgIpc) is 2.50. The van der Waals surface area contributed by atoms with Gasteiger partial charge in [-0.1, -0.05) is 30.3 Å². The molecule has 24 heavy (non-hydrogen) atoms. The van der Waals surface area contributed by atoms with Crippen molar-refractivity contribution in [2.24, 2.45) is 0 Å². The van der Waals surface area contributed by atoms with Gasteiger partial charge in [0.25, 0.3) is 0 Å². The van der Waals surface area contributed by atoms with Gasteiger partial charge < -0.3 is 19.5 Å². The minimum atomic E-state index is -1.07. The second kappa shape index (κ2) is 8.90. The molecule has 0 saturated heterocycles. The highest BCUT2D eigenvalue weighted by molar-refractivity contribution is 5.82. The summed E-state index contributed by atoms with van der Waals surface area (Å²) in [5.41, 5.74) is 0.165. The van der Waals surface area contributed by atoms with Gasteiger partial charge in [0.15, 0.2) is 6.10 Å². The molecule has 0 aromatic heterocycles. The van der Waals surface area contributed by atoms with Gasteiger partial charge in [-0.2, -0.15) is 0 Å². The Balaban J connectivity index is 2.30. The van der Waals surface area contributed by atoms with Crippen molar-refractivity contribution in [1.82, 2.24) is 5.32 Å². The van der Waals surface area contributed by atoms with Crippen LogP contribution in [-0.4, -0.2) is 36.3 Å². The molecule has 7 heteroatoms. The lowest BCUT2D eigenvalue weighted by atomic mass is 10.2. The Morgan fingerprint density at radius 1 is 1.12 bits per heavy atom. The van der Waals surface area contributed by atoms with E-state index in [1.54, 1.807) is 20.8 Å². The zero-order valence-corrected chi connectivity index (χ0v) is 14.3. The van der Waals surface area contributed by atoms with Crippen LogP contribution in [0.25, 0.3) is 0 Å². The van der Waals surface area contributed by atoms with Gasteiger partial charge >= 0.3 is 18.0 Å². The van der Waals surface area contributed by atoms with Gasteiger partial charge in [0, 0.05) is 0 Å². The number of rotatable bonds is 6. The minimum Gasteiger partial charge on any atom is -0.458 e. The van der Waals surface area contributed by atoms with E-state index in [1.807, 2.05) is 30.3 Å². The predicted octanol–water partition coefficient (Wildman–Crippen LogP) is 2.19. The largest absolute Gasteiger partial charge is 0.458 e. The molecule has 7 nitrogen and oxygen atoms in total. The fourth-order valence-electron chi connectivity index (χ4n) is 1.59. The molecule has 0 spiro atoms. The Kier molecular flexibility index (Phi) is 7.23. The number of benzene rings is 1. The molecule has 1 amide bonds. The molecule has 0 aliphatic heterocycles. The van der Waals surface area contributed by atoms with Crippen LogP contribution >= 0.6 is 0 Å². The van der Waals surface area contributed by atoms with Crippen LogP contribution < -0.4 is 5.32 Å². The highest BCUT2D eigenvalue weighted by Gasteiger charge is 2.21. The van der Waals surface area contributed by atoms with Crippen molar-refractivity contribution in [3.63, 3.8) is 0 Å². The normalized spacial score (nSPS) is 12.0. The number of carbonyl (C=O) groups is 3. The summed E-state index contributed by atoms with van der Waals surface area (Å²) in [5.74, 6) is -1.42. The first-order chi connectivity index (χ1) is 11.2. The molecule has 0 fully saturated rings. The van der Waals surface area contributed by atoms with Crippen LogP contribution in [0.15, 0.2) is 30.3 Å². The van der Waals surface area contributed by atoms with Crippen molar-refractivity contribution in [2.75, 3.05) is 6.54 Å². The summed E-state index contributed by atoms with van der Waals surface area (Å²) in [4.78, 5) is 34.8. The van der Waals surface area contributed by atoms with Crippen molar-refractivity contribution >= 4 is 18.0 Å². The monoisotopic (exact) mass is 337 g/mol. The van der Waals surface area contributed by atoms with Crippen LogP contribution in [0, 0.1) is 0 Å². The molecule has 132 valence electrons. The van der Waals surface area contributed by atoms with Crippen LogP contribution in [0.5, 0.6) is 0 Å². The van der Waals surface area contributed by atoms with E-state index in [9.17, 15) is 14.4 Å². The molecule has 0 heterocycles. The molecular formula is C17H23NO6. The summed E-state index contributed by atoms with van der Waals surface area (Å²) in [6.45, 7) is 6.21. The van der Waals surface area contributed by atoms with E-state index in [4.69, 9.17) is 14.2 Å². The fraction of sp³-hybridized carbons (Fsp3) is 0.471. The molecule has 0 unspecified atom stereocenters. The third-order valence-electron chi connectivity index (χ3n) is 2.64. The van der Waals surface area contributed by atoms with Crippen LogP contribution in [0.3, 0.4) is 0 Å². The van der Waals surface area contributed by atoms with Gasteiger partial charge in [-0.15, -0.1) is 0 Å². The Labute approximate surface area is 141 Å². The van der Waals surface area contributed by atoms with Crippen molar-refractivity contribution in [2.45, 2.75) is 46.0 Å². The molecule has 1 aromatic rings. The summed E-state index contributed by atoms with van der Waals surface area (Å²) >= 11 is 0. The third-order valence-corrected chi connectivity index (χ3v) is 2.64. The Morgan fingerprint density at radius 3 is 2.33 bits per heavy atom. The van der Waals surface area contributed by atoms with Crippen LogP contribution in [0.4, 0.5) is 4.79 Å². The standard InChI is InChI=1S/C17H23NO6/c1-12(15(20)22-11-13-8-6-5-7-9-13)23-14(19)10-18-16(21)24-17(2,3)4/h5-9,12H,10-11H2,1-4H3,(H,18,21)/t12-/m0/s1. The third kappa shape index (κ3) is 8.17. The molecule has 1 atom stereocenters. The van der Waals surface area contributed by atoms with Crippen molar-refractivity contribution in [3.05, 3.63) is 35.9 Å². The number of alkyl carbamates (subject to hydrolysis) is 1. The van der Waals surface area contributed by atoms with Crippen LogP contribution in [0.1, 0.15) is 33.3 Å². The van der Waals surface area contributed by atoms with Crippen molar-refractivity contribution in [1.29, 1.82) is 0 Å². The molecule has 1 aromatic carbocycles. The summed E-state index contributed by atoms with van der Waals surface area (Å²) < 4.78 is 14.9. The van der Waals surface area contributed by atoms with Gasteiger partial charge in [0.2, 0.25) is 0 Å². The lowest BCUT2D eigenvalue weighted by Gasteiger charge is -2.19. The molecule has 1 rings (SSSR count). The smallest absolute Gasteiger partial charge is 0.408 e. The highest BCUT2D eigenvalue weighted by atomic mass is 16.6. The average molecular weight is 337 g/mol. The van der Waals surface area contributed by atoms with Gasteiger partial charge in [0.1, 0.15) is 18.8 Å². The Morgan fingerprint density at radius 2 is 1.75 bits per heavy atom. The number of nitrogens with one attached hydrogen (secondary N) is 1. The quantitative estimate of drug-likeness (QED) is 0.632. The fourth-order valence-corrected chi connectivity index (χ4v) is 1.59. The second-order valence-electron chi connectivity index (χ2n) is 6.08. The lowest BCUT2D eigenvalue weighted by molar-refractivity contribution is -0.166. The first-order valence-electron chi connectivity index (χ1n) is 7.54. The van der Waals surface area contributed by atoms with Gasteiger partial charge in [-0.05, 0) is 33.3 Å². The SMILES string of the molecule is C[C@H](OC(=O)CNC(=O)OC(C)(C)C)C(=O)OCc1ccccc1. The first-order valence-corrected chi connectivity index (χ1v) is 7.54. The zero-order valence-electron chi connectivity index (χ0n) is 14.3. The molecule has 0 radical (unpaired) electrons. The Hall–Kier alpha value is -2.57. The van der Waals surface area contributed by atoms with E-state index >= 15 is 0 Å². The topological polar surface area (TPSA) is 90.9 Å². The number of carbonyl (C=O) groups excluding carboxylic acids is 3. The summed E-state index contributed by atoms with van der Waals surface area (Å²) in [6, 6.07) is 9.14. The number of esters is 2. The molecule has 0 aliphatic rings. The maximum atomic E-state index is 11.8. The van der Waals surface area contributed by atoms with E-state index in [-0.39, 0.29) is 6.61 Å². The minimum absolute atomic E-state index is 0.0950. The van der Waals surface area contributed by atoms with E-state index < -0.39 is 36.3 Å². The molecule has 0 aliphatic carbocycles. The van der Waals surface area contributed by atoms with Gasteiger partial charge in [0.05, 0.1) is 0 Å². The van der Waals surface area contributed by atoms with Crippen molar-refractivity contribution < 1.29 is 28.6 Å². The predicted molar refractivity (Wildman–Crippen MR) is 86.0 cm³/mol. The molecule has 1 N–H and O–H groups in total. The first kappa shape index (κ1) is 19.5. The van der Waals surface area contributed by atoms with E-state index in [0.717, 1.165) is 5.56 Å². The van der Waals surface area contributed by atoms with Gasteiger partial charge in [-0.3, -0.25) is 4.79 Å². The Bertz CT molecular complexity index is 564. The summed E-state index contributed by atoms with van der Waals surface area (Å²) in [5, 5.41) is 2.25. The second-order valence-corrected chi connectivity index (χ2v) is 6.08. The number of hydrogen-bond acceptors (Lipinski definition) is 6. The van der Waals surface area contributed by atoms with E-state index in [1.165, 1.54) is 6.92 Å². The number of ether oxygens (including phenoxy) is 3. The van der Waals surface area contributed by atoms with Crippen LogP contribution in [0.2, 0.25) is 0 Å². The summed E-state index contributed by atoms with van der Waals surface area (Å²) in [6.07, 6.45) is -1.81. The van der Waals surface area contributed by atoms with E-state index in [2.05, 4.69) is 5.32 Å². The van der Waals surface area contributed by atoms with E-state index in [0.29, 0.717) is 0 Å². The molecular weight excluding hydrogens is 314 g/mol. The van der Waals surface area contributed by atoms with Gasteiger partial charge in [-0.25, -0.2) is 9.59 Å². The highest BCUT2D eigenvalue weighted by Crippen LogP contribution is 2.06. The van der Waals surface area contributed by atoms with Crippen LogP contribution in [-0.2, 0) is 30.4 Å². The maximum absolute atomic E-state index is 11.8. The van der Waals surface area contributed by atoms with Crippen molar-refractivity contribution in [3.8, 4) is 0 Å². The zero-order chi connectivity index (χ0) is 18.2.